The second-order valence-corrected chi connectivity index (χ2v) is 6.26. The van der Waals surface area contributed by atoms with Gasteiger partial charge in [-0.15, -0.1) is 0 Å². The molecule has 7 nitrogen and oxygen atoms in total. The standard InChI is InChI=1S/C17H21N5O2/c1-11(2)18-16(23)15-9-13-10-21(7-8-22(13)20-15)17(24)14-6-4-5-12(3)19-14/h4-6,9,11H,7-8,10H2,1-3H3,(H,18,23). The highest BCUT2D eigenvalue weighted by molar-refractivity contribution is 5.93. The zero-order valence-electron chi connectivity index (χ0n) is 14.1. The molecular weight excluding hydrogens is 306 g/mol. The van der Waals surface area contributed by atoms with Crippen LogP contribution in [0.4, 0.5) is 0 Å². The summed E-state index contributed by atoms with van der Waals surface area (Å²) in [6, 6.07) is 7.23. The van der Waals surface area contributed by atoms with Crippen molar-refractivity contribution in [2.24, 2.45) is 0 Å². The first kappa shape index (κ1) is 16.2. The Labute approximate surface area is 140 Å². The molecule has 0 radical (unpaired) electrons. The molecule has 24 heavy (non-hydrogen) atoms. The molecule has 3 heterocycles. The highest BCUT2D eigenvalue weighted by Crippen LogP contribution is 2.16. The van der Waals surface area contributed by atoms with Crippen LogP contribution in [0.15, 0.2) is 24.3 Å². The maximum Gasteiger partial charge on any atom is 0.272 e. The fourth-order valence-corrected chi connectivity index (χ4v) is 2.71. The van der Waals surface area contributed by atoms with Crippen molar-refractivity contribution in [2.45, 2.75) is 39.9 Å². The Balaban J connectivity index is 1.76. The van der Waals surface area contributed by atoms with Crippen LogP contribution in [0.1, 0.15) is 46.2 Å². The minimum Gasteiger partial charge on any atom is -0.348 e. The molecule has 2 aromatic heterocycles. The van der Waals surface area contributed by atoms with Gasteiger partial charge in [0.05, 0.1) is 18.8 Å². The quantitative estimate of drug-likeness (QED) is 0.923. The molecule has 2 aromatic rings. The van der Waals surface area contributed by atoms with E-state index in [0.29, 0.717) is 31.0 Å². The fourth-order valence-electron chi connectivity index (χ4n) is 2.71. The summed E-state index contributed by atoms with van der Waals surface area (Å²) in [6.45, 7) is 7.22. The Kier molecular flexibility index (Phi) is 4.33. The van der Waals surface area contributed by atoms with E-state index in [1.807, 2.05) is 32.9 Å². The van der Waals surface area contributed by atoms with Crippen molar-refractivity contribution < 1.29 is 9.59 Å². The summed E-state index contributed by atoms with van der Waals surface area (Å²) in [4.78, 5) is 30.7. The number of carbonyl (C=O) groups excluding carboxylic acids is 2. The smallest absolute Gasteiger partial charge is 0.272 e. The molecule has 0 fully saturated rings. The maximum atomic E-state index is 12.6. The number of amides is 2. The molecule has 7 heteroatoms. The number of hydrogen-bond donors (Lipinski definition) is 1. The van der Waals surface area contributed by atoms with Crippen molar-refractivity contribution in [3.63, 3.8) is 0 Å². The lowest BCUT2D eigenvalue weighted by Crippen LogP contribution is -2.38. The van der Waals surface area contributed by atoms with E-state index in [1.165, 1.54) is 0 Å². The van der Waals surface area contributed by atoms with E-state index in [0.717, 1.165) is 11.4 Å². The van der Waals surface area contributed by atoms with Crippen molar-refractivity contribution in [1.82, 2.24) is 25.0 Å². The van der Waals surface area contributed by atoms with Crippen LogP contribution in [-0.4, -0.2) is 44.1 Å². The van der Waals surface area contributed by atoms with E-state index in [4.69, 9.17) is 0 Å². The van der Waals surface area contributed by atoms with Crippen LogP contribution < -0.4 is 5.32 Å². The number of rotatable bonds is 3. The average Bonchev–Trinajstić information content (AvgIpc) is 2.96. The molecule has 0 aromatic carbocycles. The van der Waals surface area contributed by atoms with Crippen molar-refractivity contribution in [3.8, 4) is 0 Å². The Morgan fingerprint density at radius 1 is 1.21 bits per heavy atom. The van der Waals surface area contributed by atoms with Crippen LogP contribution in [0, 0.1) is 6.92 Å². The Morgan fingerprint density at radius 3 is 2.71 bits per heavy atom. The summed E-state index contributed by atoms with van der Waals surface area (Å²) in [6.07, 6.45) is 0. The summed E-state index contributed by atoms with van der Waals surface area (Å²) in [5.74, 6) is -0.288. The lowest BCUT2D eigenvalue weighted by atomic mass is 10.2. The molecule has 1 N–H and O–H groups in total. The molecule has 3 rings (SSSR count). The SMILES string of the molecule is Cc1cccc(C(=O)N2CCn3nc(C(=O)NC(C)C)cc3C2)n1. The zero-order valence-corrected chi connectivity index (χ0v) is 14.1. The molecule has 0 bridgehead atoms. The predicted octanol–water partition coefficient (Wildman–Crippen LogP) is 1.38. The predicted molar refractivity (Wildman–Crippen MR) is 88.5 cm³/mol. The number of nitrogens with one attached hydrogen (secondary N) is 1. The van der Waals surface area contributed by atoms with E-state index in [-0.39, 0.29) is 17.9 Å². The molecule has 0 saturated heterocycles. The number of fused-ring (bicyclic) bond motifs is 1. The van der Waals surface area contributed by atoms with Gasteiger partial charge in [-0.3, -0.25) is 14.3 Å². The van der Waals surface area contributed by atoms with Crippen molar-refractivity contribution in [2.75, 3.05) is 6.54 Å². The third-order valence-electron chi connectivity index (χ3n) is 3.84. The first-order valence-electron chi connectivity index (χ1n) is 8.04. The second kappa shape index (κ2) is 6.43. The number of pyridine rings is 1. The molecule has 1 aliphatic rings. The van der Waals surface area contributed by atoms with Gasteiger partial charge < -0.3 is 10.2 Å². The van der Waals surface area contributed by atoms with Crippen LogP contribution in [0.5, 0.6) is 0 Å². The second-order valence-electron chi connectivity index (χ2n) is 6.26. The number of nitrogens with zero attached hydrogens (tertiary/aromatic N) is 4. The topological polar surface area (TPSA) is 80.1 Å². The molecule has 0 spiro atoms. The largest absolute Gasteiger partial charge is 0.348 e. The van der Waals surface area contributed by atoms with Gasteiger partial charge in [-0.25, -0.2) is 4.98 Å². The van der Waals surface area contributed by atoms with Gasteiger partial charge in [-0.05, 0) is 39.0 Å². The Hall–Kier alpha value is -2.70. The molecule has 2 amide bonds. The van der Waals surface area contributed by atoms with E-state index in [2.05, 4.69) is 15.4 Å². The highest BCUT2D eigenvalue weighted by Gasteiger charge is 2.25. The summed E-state index contributed by atoms with van der Waals surface area (Å²) in [5, 5.41) is 7.16. The summed E-state index contributed by atoms with van der Waals surface area (Å²) in [7, 11) is 0. The minimum absolute atomic E-state index is 0.0571. The van der Waals surface area contributed by atoms with Crippen molar-refractivity contribution in [3.05, 3.63) is 47.0 Å². The third kappa shape index (κ3) is 3.29. The molecular formula is C17H21N5O2. The van der Waals surface area contributed by atoms with Gasteiger partial charge in [0.15, 0.2) is 5.69 Å². The molecule has 0 aliphatic carbocycles. The van der Waals surface area contributed by atoms with Gasteiger partial charge in [-0.1, -0.05) is 6.07 Å². The first-order valence-corrected chi connectivity index (χ1v) is 8.04. The van der Waals surface area contributed by atoms with Gasteiger partial charge in [0, 0.05) is 18.3 Å². The molecule has 126 valence electrons. The number of hydrogen-bond acceptors (Lipinski definition) is 4. The van der Waals surface area contributed by atoms with E-state index >= 15 is 0 Å². The van der Waals surface area contributed by atoms with E-state index < -0.39 is 0 Å². The molecule has 0 unspecified atom stereocenters. The summed E-state index contributed by atoms with van der Waals surface area (Å²) < 4.78 is 1.79. The van der Waals surface area contributed by atoms with Crippen LogP contribution in [0.25, 0.3) is 0 Å². The summed E-state index contributed by atoms with van der Waals surface area (Å²) >= 11 is 0. The van der Waals surface area contributed by atoms with Gasteiger partial charge in [0.2, 0.25) is 0 Å². The van der Waals surface area contributed by atoms with Crippen LogP contribution >= 0.6 is 0 Å². The molecule has 0 atom stereocenters. The average molecular weight is 327 g/mol. The van der Waals surface area contributed by atoms with Crippen LogP contribution in [0.3, 0.4) is 0 Å². The lowest BCUT2D eigenvalue weighted by Gasteiger charge is -2.27. The van der Waals surface area contributed by atoms with Gasteiger partial charge in [-0.2, -0.15) is 5.10 Å². The monoisotopic (exact) mass is 327 g/mol. The van der Waals surface area contributed by atoms with Gasteiger partial charge in [0.25, 0.3) is 11.8 Å². The van der Waals surface area contributed by atoms with Crippen molar-refractivity contribution >= 4 is 11.8 Å². The highest BCUT2D eigenvalue weighted by atomic mass is 16.2. The van der Waals surface area contributed by atoms with Crippen molar-refractivity contribution in [1.29, 1.82) is 0 Å². The zero-order chi connectivity index (χ0) is 17.3. The molecule has 1 aliphatic heterocycles. The van der Waals surface area contributed by atoms with Gasteiger partial charge >= 0.3 is 0 Å². The minimum atomic E-state index is -0.190. The number of aryl methyl sites for hydroxylation is 1. The number of aromatic nitrogens is 3. The summed E-state index contributed by atoms with van der Waals surface area (Å²) in [5.41, 5.74) is 2.51. The van der Waals surface area contributed by atoms with Crippen LogP contribution in [-0.2, 0) is 13.1 Å². The maximum absolute atomic E-state index is 12.6. The Bertz CT molecular complexity index is 781. The Morgan fingerprint density at radius 2 is 2.00 bits per heavy atom. The van der Waals surface area contributed by atoms with Gasteiger partial charge in [0.1, 0.15) is 5.69 Å². The molecule has 0 saturated carbocycles. The normalized spacial score (nSPS) is 13.8. The first-order chi connectivity index (χ1) is 11.4. The van der Waals surface area contributed by atoms with E-state index in [1.54, 1.807) is 21.7 Å². The fraction of sp³-hybridized carbons (Fsp3) is 0.412. The number of carbonyl (C=O) groups is 2. The third-order valence-corrected chi connectivity index (χ3v) is 3.84. The van der Waals surface area contributed by atoms with Crippen LogP contribution in [0.2, 0.25) is 0 Å². The van der Waals surface area contributed by atoms with E-state index in [9.17, 15) is 9.59 Å². The lowest BCUT2D eigenvalue weighted by molar-refractivity contribution is 0.0699.